The van der Waals surface area contributed by atoms with Gasteiger partial charge in [-0.25, -0.2) is 0 Å². The highest BCUT2D eigenvalue weighted by molar-refractivity contribution is 7.17. The molecule has 62 valence electrons. The van der Waals surface area contributed by atoms with E-state index in [1.54, 1.807) is 11.3 Å². The summed E-state index contributed by atoms with van der Waals surface area (Å²) in [4.78, 5) is 0. The van der Waals surface area contributed by atoms with Crippen molar-refractivity contribution in [1.29, 1.82) is 0 Å². The fraction of sp³-hybridized carbons (Fsp3) is 0.200. The zero-order chi connectivity index (χ0) is 8.72. The number of benzene rings is 1. The van der Waals surface area contributed by atoms with Gasteiger partial charge in [-0.2, -0.15) is 0 Å². The molecule has 2 aromatic rings. The molecule has 0 spiro atoms. The van der Waals surface area contributed by atoms with Gasteiger partial charge < -0.3 is 5.11 Å². The second-order valence-electron chi connectivity index (χ2n) is 3.05. The smallest absolute Gasteiger partial charge is 0.119 e. The molecule has 1 aromatic carbocycles. The fourth-order valence-corrected chi connectivity index (χ4v) is 2.31. The first-order valence-electron chi connectivity index (χ1n) is 3.86. The number of thiophene rings is 1. The van der Waals surface area contributed by atoms with Gasteiger partial charge in [-0.3, -0.25) is 0 Å². The number of hydrogen-bond donors (Lipinski definition) is 1. The summed E-state index contributed by atoms with van der Waals surface area (Å²) in [5.74, 6) is 0.393. The second-order valence-corrected chi connectivity index (χ2v) is 3.96. The molecule has 0 radical (unpaired) electrons. The van der Waals surface area contributed by atoms with Crippen molar-refractivity contribution in [3.05, 3.63) is 28.6 Å². The van der Waals surface area contributed by atoms with E-state index in [1.165, 1.54) is 15.6 Å². The standard InChI is InChI=1S/C10H10OS/c1-6-3-10-8(4-9(6)11)7(2)5-12-10/h3-5,11H,1-2H3. The Morgan fingerprint density at radius 1 is 1.17 bits per heavy atom. The molecule has 0 aliphatic carbocycles. The third-order valence-corrected chi connectivity index (χ3v) is 3.15. The lowest BCUT2D eigenvalue weighted by Crippen LogP contribution is -1.74. The summed E-state index contributed by atoms with van der Waals surface area (Å²) in [7, 11) is 0. The van der Waals surface area contributed by atoms with Gasteiger partial charge in [0.1, 0.15) is 5.75 Å². The molecule has 1 aromatic heterocycles. The molecule has 12 heavy (non-hydrogen) atoms. The van der Waals surface area contributed by atoms with E-state index in [0.29, 0.717) is 5.75 Å². The Labute approximate surface area is 75.3 Å². The van der Waals surface area contributed by atoms with Crippen molar-refractivity contribution in [3.8, 4) is 5.75 Å². The lowest BCUT2D eigenvalue weighted by Gasteiger charge is -1.98. The van der Waals surface area contributed by atoms with Crippen LogP contribution in [-0.4, -0.2) is 5.11 Å². The van der Waals surface area contributed by atoms with Crippen LogP contribution in [-0.2, 0) is 0 Å². The molecule has 1 heterocycles. The Hall–Kier alpha value is -1.02. The Bertz CT molecular complexity index is 429. The number of phenols is 1. The average Bonchev–Trinajstić information content (AvgIpc) is 2.35. The monoisotopic (exact) mass is 178 g/mol. The zero-order valence-electron chi connectivity index (χ0n) is 7.09. The predicted octanol–water partition coefficient (Wildman–Crippen LogP) is 3.22. The molecular formula is C10H10OS. The van der Waals surface area contributed by atoms with Crippen molar-refractivity contribution in [1.82, 2.24) is 0 Å². The minimum atomic E-state index is 0.393. The number of rotatable bonds is 0. The maximum Gasteiger partial charge on any atom is 0.119 e. The molecule has 2 heteroatoms. The van der Waals surface area contributed by atoms with Crippen molar-refractivity contribution in [3.63, 3.8) is 0 Å². The van der Waals surface area contributed by atoms with Crippen LogP contribution in [0.1, 0.15) is 11.1 Å². The van der Waals surface area contributed by atoms with E-state index >= 15 is 0 Å². The molecule has 1 nitrogen and oxygen atoms in total. The normalized spacial score (nSPS) is 10.8. The van der Waals surface area contributed by atoms with Crippen LogP contribution in [0, 0.1) is 13.8 Å². The van der Waals surface area contributed by atoms with E-state index in [9.17, 15) is 5.11 Å². The van der Waals surface area contributed by atoms with E-state index < -0.39 is 0 Å². The number of hydrogen-bond acceptors (Lipinski definition) is 2. The largest absolute Gasteiger partial charge is 0.508 e. The molecule has 0 saturated carbocycles. The van der Waals surface area contributed by atoms with Crippen LogP contribution in [0.2, 0.25) is 0 Å². The average molecular weight is 178 g/mol. The maximum absolute atomic E-state index is 9.46. The predicted molar refractivity (Wildman–Crippen MR) is 53.0 cm³/mol. The first kappa shape index (κ1) is 7.62. The Morgan fingerprint density at radius 2 is 1.92 bits per heavy atom. The highest BCUT2D eigenvalue weighted by Gasteiger charge is 2.03. The molecular weight excluding hydrogens is 168 g/mol. The van der Waals surface area contributed by atoms with E-state index in [1.807, 2.05) is 19.1 Å². The molecule has 0 unspecified atom stereocenters. The number of aryl methyl sites for hydroxylation is 2. The lowest BCUT2D eigenvalue weighted by atomic mass is 10.1. The summed E-state index contributed by atoms with van der Waals surface area (Å²) >= 11 is 1.73. The van der Waals surface area contributed by atoms with Crippen LogP contribution in [0.5, 0.6) is 5.75 Å². The zero-order valence-corrected chi connectivity index (χ0v) is 7.90. The third-order valence-electron chi connectivity index (χ3n) is 2.09. The quantitative estimate of drug-likeness (QED) is 0.656. The first-order chi connectivity index (χ1) is 5.68. The maximum atomic E-state index is 9.46. The van der Waals surface area contributed by atoms with Crippen molar-refractivity contribution in [2.45, 2.75) is 13.8 Å². The van der Waals surface area contributed by atoms with Crippen LogP contribution in [0.15, 0.2) is 17.5 Å². The van der Waals surface area contributed by atoms with Crippen LogP contribution in [0.25, 0.3) is 10.1 Å². The first-order valence-corrected chi connectivity index (χ1v) is 4.74. The minimum absolute atomic E-state index is 0.393. The van der Waals surface area contributed by atoms with Gasteiger partial charge in [0.05, 0.1) is 0 Å². The summed E-state index contributed by atoms with van der Waals surface area (Å²) in [5, 5.41) is 12.7. The minimum Gasteiger partial charge on any atom is -0.508 e. The molecule has 0 aliphatic rings. The van der Waals surface area contributed by atoms with Crippen molar-refractivity contribution >= 4 is 21.4 Å². The van der Waals surface area contributed by atoms with Gasteiger partial charge in [-0.15, -0.1) is 11.3 Å². The van der Waals surface area contributed by atoms with E-state index in [0.717, 1.165) is 5.56 Å². The van der Waals surface area contributed by atoms with E-state index in [4.69, 9.17) is 0 Å². The molecule has 2 rings (SSSR count). The highest BCUT2D eigenvalue weighted by Crippen LogP contribution is 2.30. The van der Waals surface area contributed by atoms with Gasteiger partial charge in [0.15, 0.2) is 0 Å². The van der Waals surface area contributed by atoms with E-state index in [2.05, 4.69) is 12.3 Å². The van der Waals surface area contributed by atoms with E-state index in [-0.39, 0.29) is 0 Å². The molecule has 0 fully saturated rings. The van der Waals surface area contributed by atoms with Gasteiger partial charge in [0, 0.05) is 4.70 Å². The van der Waals surface area contributed by atoms with Gasteiger partial charge in [-0.05, 0) is 47.9 Å². The lowest BCUT2D eigenvalue weighted by molar-refractivity contribution is 0.472. The van der Waals surface area contributed by atoms with Crippen molar-refractivity contribution in [2.24, 2.45) is 0 Å². The van der Waals surface area contributed by atoms with Crippen LogP contribution < -0.4 is 0 Å². The Kier molecular flexibility index (Phi) is 1.58. The molecule has 0 amide bonds. The number of phenolic OH excluding ortho intramolecular Hbond substituents is 1. The van der Waals surface area contributed by atoms with Crippen LogP contribution >= 0.6 is 11.3 Å². The SMILES string of the molecule is Cc1cc2scc(C)c2cc1O. The van der Waals surface area contributed by atoms with Gasteiger partial charge in [0.2, 0.25) is 0 Å². The molecule has 0 saturated heterocycles. The van der Waals surface area contributed by atoms with Crippen molar-refractivity contribution in [2.75, 3.05) is 0 Å². The fourth-order valence-electron chi connectivity index (χ4n) is 1.29. The summed E-state index contributed by atoms with van der Waals surface area (Å²) in [6.45, 7) is 3.98. The Balaban J connectivity index is 2.87. The number of fused-ring (bicyclic) bond motifs is 1. The summed E-state index contributed by atoms with van der Waals surface area (Å²) in [5.41, 5.74) is 2.19. The van der Waals surface area contributed by atoms with Crippen LogP contribution in [0.4, 0.5) is 0 Å². The second kappa shape index (κ2) is 2.49. The summed E-state index contributed by atoms with van der Waals surface area (Å²) in [6, 6.07) is 3.87. The van der Waals surface area contributed by atoms with Gasteiger partial charge in [0.25, 0.3) is 0 Å². The Morgan fingerprint density at radius 3 is 2.67 bits per heavy atom. The van der Waals surface area contributed by atoms with Gasteiger partial charge in [-0.1, -0.05) is 0 Å². The highest BCUT2D eigenvalue weighted by atomic mass is 32.1. The van der Waals surface area contributed by atoms with Crippen LogP contribution in [0.3, 0.4) is 0 Å². The molecule has 0 bridgehead atoms. The van der Waals surface area contributed by atoms with Gasteiger partial charge >= 0.3 is 0 Å². The third kappa shape index (κ3) is 0.994. The summed E-state index contributed by atoms with van der Waals surface area (Å²) in [6.07, 6.45) is 0. The van der Waals surface area contributed by atoms with Crippen molar-refractivity contribution < 1.29 is 5.11 Å². The summed E-state index contributed by atoms with van der Waals surface area (Å²) < 4.78 is 1.25. The molecule has 0 aliphatic heterocycles. The topological polar surface area (TPSA) is 20.2 Å². The molecule has 1 N–H and O–H groups in total. The number of aromatic hydroxyl groups is 1. The molecule has 0 atom stereocenters.